The third-order valence-electron chi connectivity index (χ3n) is 4.32. The Kier molecular flexibility index (Phi) is 5.48. The van der Waals surface area contributed by atoms with Crippen LogP contribution in [0, 0.1) is 5.92 Å². The van der Waals surface area contributed by atoms with Gasteiger partial charge in [-0.25, -0.2) is 0 Å². The maximum absolute atomic E-state index is 12.0. The lowest BCUT2D eigenvalue weighted by molar-refractivity contribution is -0.123. The van der Waals surface area contributed by atoms with Gasteiger partial charge in [0.05, 0.1) is 25.5 Å². The van der Waals surface area contributed by atoms with Gasteiger partial charge in [-0.05, 0) is 55.4 Å². The molecule has 2 N–H and O–H groups in total. The number of carbonyl (C=O) groups is 1. The number of hydrogen-bond donors (Lipinski definition) is 2. The van der Waals surface area contributed by atoms with Crippen molar-refractivity contribution in [2.75, 3.05) is 19.6 Å². The molecule has 1 fully saturated rings. The van der Waals surface area contributed by atoms with Crippen molar-refractivity contribution in [3.63, 3.8) is 0 Å². The second kappa shape index (κ2) is 7.77. The Balaban J connectivity index is 1.39. The topological polar surface area (TPSA) is 65.7 Å². The predicted octanol–water partition coefficient (Wildman–Crippen LogP) is 2.40. The molecular weight excluding hydrogens is 312 g/mol. The van der Waals surface area contributed by atoms with Crippen molar-refractivity contribution >= 4 is 17.2 Å². The smallest absolute Gasteiger partial charge is 0.234 e. The summed E-state index contributed by atoms with van der Waals surface area (Å²) in [5, 5.41) is 15.3. The second-order valence-electron chi connectivity index (χ2n) is 5.93. The molecule has 2 aromatic heterocycles. The van der Waals surface area contributed by atoms with E-state index in [1.165, 1.54) is 0 Å². The van der Waals surface area contributed by atoms with Gasteiger partial charge in [0.25, 0.3) is 0 Å². The number of aliphatic hydroxyl groups is 1. The predicted molar refractivity (Wildman–Crippen MR) is 89.0 cm³/mol. The minimum atomic E-state index is -0.370. The highest BCUT2D eigenvalue weighted by molar-refractivity contribution is 7.10. The van der Waals surface area contributed by atoms with Crippen molar-refractivity contribution in [1.82, 2.24) is 10.2 Å². The van der Waals surface area contributed by atoms with Crippen molar-refractivity contribution in [3.8, 4) is 0 Å². The molecule has 1 amide bonds. The molecule has 0 aromatic carbocycles. The highest BCUT2D eigenvalue weighted by atomic mass is 32.1. The Bertz CT molecular complexity index is 589. The molecule has 0 spiro atoms. The molecule has 23 heavy (non-hydrogen) atoms. The number of thiophene rings is 1. The van der Waals surface area contributed by atoms with Crippen molar-refractivity contribution in [2.24, 2.45) is 5.92 Å². The van der Waals surface area contributed by atoms with E-state index in [0.717, 1.165) is 36.6 Å². The van der Waals surface area contributed by atoms with Crippen LogP contribution in [-0.2, 0) is 11.3 Å². The summed E-state index contributed by atoms with van der Waals surface area (Å²) < 4.78 is 5.19. The standard InChI is InChI=1S/C17H22N2O3S/c20-16(18-11-14-3-1-9-22-14)12-19-7-5-13(6-8-19)17(21)15-4-2-10-23-15/h1-4,9-10,13,17,21H,5-8,11-12H2,(H,18,20). The Labute approximate surface area is 139 Å². The van der Waals surface area contributed by atoms with E-state index in [4.69, 9.17) is 4.42 Å². The molecule has 1 unspecified atom stereocenters. The summed E-state index contributed by atoms with van der Waals surface area (Å²) in [6.45, 7) is 2.53. The van der Waals surface area contributed by atoms with Gasteiger partial charge in [-0.3, -0.25) is 9.69 Å². The van der Waals surface area contributed by atoms with Gasteiger partial charge < -0.3 is 14.8 Å². The minimum Gasteiger partial charge on any atom is -0.467 e. The summed E-state index contributed by atoms with van der Waals surface area (Å²) in [5.74, 6) is 1.06. The molecule has 1 atom stereocenters. The summed E-state index contributed by atoms with van der Waals surface area (Å²) in [4.78, 5) is 15.2. The first-order valence-electron chi connectivity index (χ1n) is 7.95. The van der Waals surface area contributed by atoms with Crippen molar-refractivity contribution < 1.29 is 14.3 Å². The lowest BCUT2D eigenvalue weighted by atomic mass is 9.90. The van der Waals surface area contributed by atoms with Gasteiger partial charge >= 0.3 is 0 Å². The maximum Gasteiger partial charge on any atom is 0.234 e. The average molecular weight is 334 g/mol. The van der Waals surface area contributed by atoms with Crippen LogP contribution in [0.4, 0.5) is 0 Å². The van der Waals surface area contributed by atoms with Gasteiger partial charge in [-0.1, -0.05) is 6.07 Å². The third kappa shape index (κ3) is 4.43. The number of furan rings is 1. The zero-order valence-electron chi connectivity index (χ0n) is 13.0. The largest absolute Gasteiger partial charge is 0.467 e. The van der Waals surface area contributed by atoms with E-state index in [2.05, 4.69) is 10.2 Å². The van der Waals surface area contributed by atoms with Crippen LogP contribution < -0.4 is 5.32 Å². The molecule has 0 bridgehead atoms. The van der Waals surface area contributed by atoms with Gasteiger partial charge in [0.1, 0.15) is 5.76 Å². The van der Waals surface area contributed by atoms with Gasteiger partial charge in [-0.15, -0.1) is 11.3 Å². The monoisotopic (exact) mass is 334 g/mol. The zero-order chi connectivity index (χ0) is 16.1. The molecular formula is C17H22N2O3S. The average Bonchev–Trinajstić information content (AvgIpc) is 3.26. The molecule has 0 saturated carbocycles. The van der Waals surface area contributed by atoms with Gasteiger partial charge in [-0.2, -0.15) is 0 Å². The van der Waals surface area contributed by atoms with Crippen LogP contribution in [-0.4, -0.2) is 35.5 Å². The third-order valence-corrected chi connectivity index (χ3v) is 5.26. The van der Waals surface area contributed by atoms with Crippen LogP contribution in [0.3, 0.4) is 0 Å². The molecule has 0 aliphatic carbocycles. The van der Waals surface area contributed by atoms with E-state index in [1.54, 1.807) is 17.6 Å². The molecule has 3 rings (SSSR count). The Hall–Kier alpha value is -1.63. The van der Waals surface area contributed by atoms with Crippen molar-refractivity contribution in [2.45, 2.75) is 25.5 Å². The lowest BCUT2D eigenvalue weighted by Gasteiger charge is -2.33. The number of carbonyl (C=O) groups excluding carboxylic acids is 1. The SMILES string of the molecule is O=C(CN1CCC(C(O)c2cccs2)CC1)NCc1ccco1. The lowest BCUT2D eigenvalue weighted by Crippen LogP contribution is -2.42. The fourth-order valence-electron chi connectivity index (χ4n) is 2.98. The van der Waals surface area contributed by atoms with Crippen LogP contribution in [0.5, 0.6) is 0 Å². The zero-order valence-corrected chi connectivity index (χ0v) is 13.8. The second-order valence-corrected chi connectivity index (χ2v) is 6.91. The summed E-state index contributed by atoms with van der Waals surface area (Å²) in [5.41, 5.74) is 0. The highest BCUT2D eigenvalue weighted by Gasteiger charge is 2.27. The first-order chi connectivity index (χ1) is 11.2. The summed E-state index contributed by atoms with van der Waals surface area (Å²) >= 11 is 1.60. The Morgan fingerprint density at radius 3 is 2.87 bits per heavy atom. The van der Waals surface area contributed by atoms with Gasteiger partial charge in [0, 0.05) is 4.88 Å². The molecule has 124 valence electrons. The Morgan fingerprint density at radius 1 is 1.39 bits per heavy atom. The number of piperidine rings is 1. The minimum absolute atomic E-state index is 0.0126. The maximum atomic E-state index is 12.0. The van der Waals surface area contributed by atoms with Crippen LogP contribution in [0.15, 0.2) is 40.3 Å². The fraction of sp³-hybridized carbons (Fsp3) is 0.471. The number of nitrogens with one attached hydrogen (secondary N) is 1. The quantitative estimate of drug-likeness (QED) is 0.851. The first kappa shape index (κ1) is 16.2. The number of hydrogen-bond acceptors (Lipinski definition) is 5. The van der Waals surface area contributed by atoms with Gasteiger partial charge in [0.15, 0.2) is 0 Å². The van der Waals surface area contributed by atoms with E-state index in [0.29, 0.717) is 13.1 Å². The molecule has 6 heteroatoms. The Morgan fingerprint density at radius 2 is 2.22 bits per heavy atom. The molecule has 5 nitrogen and oxygen atoms in total. The van der Waals surface area contributed by atoms with Crippen LogP contribution in [0.25, 0.3) is 0 Å². The molecule has 1 aliphatic rings. The molecule has 1 aliphatic heterocycles. The van der Waals surface area contributed by atoms with Crippen molar-refractivity contribution in [3.05, 3.63) is 46.5 Å². The summed E-state index contributed by atoms with van der Waals surface area (Å²) in [6, 6.07) is 7.62. The molecule has 2 aromatic rings. The number of aliphatic hydroxyl groups excluding tert-OH is 1. The molecule has 3 heterocycles. The van der Waals surface area contributed by atoms with E-state index in [1.807, 2.05) is 29.6 Å². The van der Waals surface area contributed by atoms with Crippen molar-refractivity contribution in [1.29, 1.82) is 0 Å². The van der Waals surface area contributed by atoms with Crippen LogP contribution in [0.1, 0.15) is 29.6 Å². The van der Waals surface area contributed by atoms with E-state index in [9.17, 15) is 9.90 Å². The first-order valence-corrected chi connectivity index (χ1v) is 8.83. The van der Waals surface area contributed by atoms with Crippen LogP contribution in [0.2, 0.25) is 0 Å². The highest BCUT2D eigenvalue weighted by Crippen LogP contribution is 2.32. The number of rotatable bonds is 6. The molecule has 0 radical (unpaired) electrons. The fourth-order valence-corrected chi connectivity index (χ4v) is 3.78. The van der Waals surface area contributed by atoms with E-state index < -0.39 is 0 Å². The number of nitrogens with zero attached hydrogens (tertiary/aromatic N) is 1. The number of amides is 1. The van der Waals surface area contributed by atoms with E-state index >= 15 is 0 Å². The van der Waals surface area contributed by atoms with Crippen LogP contribution >= 0.6 is 11.3 Å². The van der Waals surface area contributed by atoms with Gasteiger partial charge in [0.2, 0.25) is 5.91 Å². The number of likely N-dealkylation sites (tertiary alicyclic amines) is 1. The molecule has 1 saturated heterocycles. The summed E-state index contributed by atoms with van der Waals surface area (Å²) in [7, 11) is 0. The van der Waals surface area contributed by atoms with E-state index in [-0.39, 0.29) is 17.9 Å². The summed E-state index contributed by atoms with van der Waals surface area (Å²) in [6.07, 6.45) is 3.07. The normalized spacial score (nSPS) is 18.0.